The van der Waals surface area contributed by atoms with Gasteiger partial charge in [-0.15, -0.1) is 17.5 Å². The quantitative estimate of drug-likeness (QED) is 0.111. The fraction of sp³-hybridized carbons (Fsp3) is 0.304. The number of H-pyrrole nitrogens is 1. The van der Waals surface area contributed by atoms with E-state index in [-0.39, 0.29) is 52.9 Å². The summed E-state index contributed by atoms with van der Waals surface area (Å²) < 4.78 is 27.9. The topological polar surface area (TPSA) is 226 Å². The normalized spacial score (nSPS) is 14.6. The molecule has 0 radical (unpaired) electrons. The zero-order chi connectivity index (χ0) is 44.4. The molecule has 2 aliphatic rings. The standard InChI is InChI=1S/C27H23N5O4.C19H25N5O4.ClH/c33-23-17-24(26-29-31-32-30-26)36-25-21(23)10-6-11-22(25)28-27(34)19-12-14-20(15-13-19)35-16-5-4-9-18-7-2-1-3-8-18;1-26-15-10-12-13(11-16(15)27-2)21-19(22-17(12)20)24-7-5-23(6-8-24)18(25)14-4-3-9-28-14;/h1-3,6-8,10-15,17H,4-5,9,16H2,(H,28,34)(H,29,30,31,32);10-11,14H,3-9H2,1-2H3,(H2,20,21,22);1H. The number of carbonyl (C=O) groups is 2. The molecule has 19 heteroatoms. The molecule has 1 atom stereocenters. The summed E-state index contributed by atoms with van der Waals surface area (Å²) in [5.74, 6) is 2.95. The molecule has 0 bridgehead atoms. The Labute approximate surface area is 379 Å². The maximum atomic E-state index is 12.9. The number of unbranched alkanes of at least 4 members (excludes halogenated alkanes) is 1. The number of halogens is 1. The second-order valence-corrected chi connectivity index (χ2v) is 15.1. The lowest BCUT2D eigenvalue weighted by atomic mass is 10.1. The van der Waals surface area contributed by atoms with E-state index in [0.717, 1.165) is 32.1 Å². The van der Waals surface area contributed by atoms with Crippen LogP contribution in [0.3, 0.4) is 0 Å². The van der Waals surface area contributed by atoms with Crippen LogP contribution in [0.2, 0.25) is 0 Å². The number of hydrogen-bond donors (Lipinski definition) is 3. The van der Waals surface area contributed by atoms with Gasteiger partial charge in [0.1, 0.15) is 17.7 Å². The van der Waals surface area contributed by atoms with Crippen molar-refractivity contribution in [2.45, 2.75) is 38.2 Å². The number of methoxy groups -OCH3 is 2. The van der Waals surface area contributed by atoms with Gasteiger partial charge in [0.25, 0.3) is 11.8 Å². The van der Waals surface area contributed by atoms with Gasteiger partial charge in [-0.3, -0.25) is 14.4 Å². The second-order valence-electron chi connectivity index (χ2n) is 15.1. The molecule has 2 saturated heterocycles. The average Bonchev–Trinajstić information content (AvgIpc) is 4.09. The van der Waals surface area contributed by atoms with Crippen LogP contribution < -0.4 is 35.6 Å². The van der Waals surface area contributed by atoms with Gasteiger partial charge in [-0.2, -0.15) is 4.98 Å². The van der Waals surface area contributed by atoms with Crippen LogP contribution in [0.4, 0.5) is 17.5 Å². The van der Waals surface area contributed by atoms with Crippen molar-refractivity contribution in [2.24, 2.45) is 0 Å². The van der Waals surface area contributed by atoms with Gasteiger partial charge < -0.3 is 44.2 Å². The van der Waals surface area contributed by atoms with Crippen LogP contribution in [0.15, 0.2) is 100 Å². The number of nitrogen functional groups attached to an aromatic ring is 1. The number of tetrazole rings is 1. The number of rotatable bonds is 13. The number of carbonyl (C=O) groups excluding carboxylic acids is 2. The molecule has 0 saturated carbocycles. The summed E-state index contributed by atoms with van der Waals surface area (Å²) in [5, 5.41) is 17.2. The minimum absolute atomic E-state index is 0. The molecule has 18 nitrogen and oxygen atoms in total. The van der Waals surface area contributed by atoms with Gasteiger partial charge in [0.05, 0.1) is 37.4 Å². The predicted octanol–water partition coefficient (Wildman–Crippen LogP) is 6.11. The van der Waals surface area contributed by atoms with Crippen molar-refractivity contribution in [1.29, 1.82) is 0 Å². The maximum absolute atomic E-state index is 12.9. The highest BCUT2D eigenvalue weighted by molar-refractivity contribution is 6.08. The number of anilines is 3. The van der Waals surface area contributed by atoms with Gasteiger partial charge in [-0.1, -0.05) is 36.4 Å². The van der Waals surface area contributed by atoms with E-state index >= 15 is 0 Å². The third-order valence-electron chi connectivity index (χ3n) is 11.0. The van der Waals surface area contributed by atoms with E-state index in [9.17, 15) is 14.4 Å². The molecule has 3 aromatic heterocycles. The number of ether oxygens (including phenoxy) is 4. The van der Waals surface area contributed by atoms with Crippen LogP contribution in [-0.4, -0.2) is 107 Å². The van der Waals surface area contributed by atoms with Gasteiger partial charge in [-0.05, 0) is 90.6 Å². The van der Waals surface area contributed by atoms with Gasteiger partial charge in [0.15, 0.2) is 28.3 Å². The largest absolute Gasteiger partial charge is 0.494 e. The number of amides is 2. The summed E-state index contributed by atoms with van der Waals surface area (Å²) in [5.41, 5.74) is 8.97. The fourth-order valence-electron chi connectivity index (χ4n) is 7.53. The van der Waals surface area contributed by atoms with Crippen LogP contribution >= 0.6 is 12.4 Å². The van der Waals surface area contributed by atoms with Crippen molar-refractivity contribution >= 4 is 63.5 Å². The van der Waals surface area contributed by atoms with Crippen molar-refractivity contribution in [3.05, 3.63) is 112 Å². The van der Waals surface area contributed by atoms with E-state index in [1.807, 2.05) is 28.0 Å². The Hall–Kier alpha value is -7.31. The van der Waals surface area contributed by atoms with Crippen molar-refractivity contribution in [3.8, 4) is 28.8 Å². The molecule has 0 spiro atoms. The molecule has 2 fully saturated rings. The Morgan fingerprint density at radius 2 is 1.66 bits per heavy atom. The first-order valence-corrected chi connectivity index (χ1v) is 21.0. The molecular weight excluding hydrogens is 856 g/mol. The molecule has 338 valence electrons. The minimum atomic E-state index is -0.341. The first kappa shape index (κ1) is 45.7. The first-order chi connectivity index (χ1) is 31.3. The number of aryl methyl sites for hydroxylation is 1. The summed E-state index contributed by atoms with van der Waals surface area (Å²) in [6.07, 6.45) is 4.50. The van der Waals surface area contributed by atoms with E-state index in [1.165, 1.54) is 11.6 Å². The smallest absolute Gasteiger partial charge is 0.255 e. The van der Waals surface area contributed by atoms with Crippen LogP contribution in [0.1, 0.15) is 41.6 Å². The lowest BCUT2D eigenvalue weighted by Crippen LogP contribution is -2.51. The number of fused-ring (bicyclic) bond motifs is 2. The SMILES string of the molecule is COc1cc2nc(N3CCN(C(=O)C4CCCO4)CC3)nc(N)c2cc1OC.Cl.O=C(Nc1cccc2c(=O)cc(-c3nnn[nH]3)oc12)c1ccc(OCCCCc2ccccc2)cc1. The summed E-state index contributed by atoms with van der Waals surface area (Å²) >= 11 is 0. The number of para-hydroxylation sites is 1. The zero-order valence-corrected chi connectivity index (χ0v) is 36.7. The molecular formula is C46H49ClN10O8. The van der Waals surface area contributed by atoms with Crippen LogP contribution in [-0.2, 0) is 16.0 Å². The van der Waals surface area contributed by atoms with Gasteiger partial charge in [0.2, 0.25) is 11.8 Å². The van der Waals surface area contributed by atoms with Crippen molar-refractivity contribution in [2.75, 3.05) is 69.6 Å². The Bertz CT molecular complexity index is 2760. The number of piperazine rings is 1. The lowest BCUT2D eigenvalue weighted by Gasteiger charge is -2.35. The molecule has 4 aromatic carbocycles. The van der Waals surface area contributed by atoms with E-state index < -0.39 is 0 Å². The average molecular weight is 905 g/mol. The number of hydrogen-bond acceptors (Lipinski definition) is 15. The third kappa shape index (κ3) is 10.9. The van der Waals surface area contributed by atoms with Crippen molar-refractivity contribution in [1.82, 2.24) is 35.5 Å². The monoisotopic (exact) mass is 904 g/mol. The van der Waals surface area contributed by atoms with E-state index in [4.69, 9.17) is 29.1 Å². The summed E-state index contributed by atoms with van der Waals surface area (Å²) in [7, 11) is 3.16. The molecule has 5 heterocycles. The predicted molar refractivity (Wildman–Crippen MR) is 247 cm³/mol. The highest BCUT2D eigenvalue weighted by Gasteiger charge is 2.31. The summed E-state index contributed by atoms with van der Waals surface area (Å²) in [4.78, 5) is 51.0. The zero-order valence-electron chi connectivity index (χ0n) is 35.9. The Balaban J connectivity index is 0.000000197. The summed E-state index contributed by atoms with van der Waals surface area (Å²) in [6, 6.07) is 27.2. The van der Waals surface area contributed by atoms with Gasteiger partial charge >= 0.3 is 0 Å². The second kappa shape index (κ2) is 21.4. The van der Waals surface area contributed by atoms with E-state index in [2.05, 4.69) is 48.0 Å². The highest BCUT2D eigenvalue weighted by Crippen LogP contribution is 2.34. The van der Waals surface area contributed by atoms with Gasteiger partial charge in [-0.25, -0.2) is 10.1 Å². The molecule has 2 aliphatic heterocycles. The van der Waals surface area contributed by atoms with E-state index in [1.54, 1.807) is 68.8 Å². The number of nitrogens with one attached hydrogen (secondary N) is 2. The first-order valence-electron chi connectivity index (χ1n) is 21.0. The Morgan fingerprint density at radius 1 is 0.892 bits per heavy atom. The number of benzene rings is 4. The van der Waals surface area contributed by atoms with Crippen molar-refractivity contribution < 1.29 is 33.0 Å². The van der Waals surface area contributed by atoms with Crippen LogP contribution in [0.25, 0.3) is 33.5 Å². The summed E-state index contributed by atoms with van der Waals surface area (Å²) in [6.45, 7) is 3.82. The molecule has 0 aliphatic carbocycles. The number of aromatic amines is 1. The number of nitrogens with zero attached hydrogens (tertiary/aromatic N) is 7. The Morgan fingerprint density at radius 3 is 2.37 bits per heavy atom. The maximum Gasteiger partial charge on any atom is 0.255 e. The molecule has 9 rings (SSSR count). The number of aromatic nitrogens is 6. The Kier molecular flexibility index (Phi) is 15.0. The molecule has 2 amide bonds. The minimum Gasteiger partial charge on any atom is -0.494 e. The molecule has 65 heavy (non-hydrogen) atoms. The van der Waals surface area contributed by atoms with Crippen LogP contribution in [0, 0.1) is 0 Å². The fourth-order valence-corrected chi connectivity index (χ4v) is 7.53. The third-order valence-corrected chi connectivity index (χ3v) is 11.0. The van der Waals surface area contributed by atoms with Gasteiger partial charge in [0, 0.05) is 55.9 Å². The number of nitrogens with two attached hydrogens (primary N) is 1. The van der Waals surface area contributed by atoms with Crippen LogP contribution in [0.5, 0.6) is 17.2 Å². The van der Waals surface area contributed by atoms with E-state index in [0.29, 0.717) is 95.9 Å². The van der Waals surface area contributed by atoms with Crippen molar-refractivity contribution in [3.63, 3.8) is 0 Å². The molecule has 7 aromatic rings. The highest BCUT2D eigenvalue weighted by atomic mass is 35.5. The molecule has 1 unspecified atom stereocenters. The molecule has 4 N–H and O–H groups in total. The lowest BCUT2D eigenvalue weighted by molar-refractivity contribution is -0.141.